The number of carbonyl (C=O) groups excluding carboxylic acids is 2. The summed E-state index contributed by atoms with van der Waals surface area (Å²) in [6.45, 7) is 1.68. The summed E-state index contributed by atoms with van der Waals surface area (Å²) in [6.07, 6.45) is 2.97. The smallest absolute Gasteiger partial charge is 0.326 e. The van der Waals surface area contributed by atoms with Crippen molar-refractivity contribution < 1.29 is 24.2 Å². The van der Waals surface area contributed by atoms with Crippen LogP contribution in [0.2, 0.25) is 0 Å². The first-order valence-corrected chi connectivity index (χ1v) is 6.30. The van der Waals surface area contributed by atoms with Crippen LogP contribution in [0.25, 0.3) is 0 Å². The van der Waals surface area contributed by atoms with Crippen LogP contribution in [0.5, 0.6) is 0 Å². The van der Waals surface area contributed by atoms with Crippen molar-refractivity contribution in [2.45, 2.75) is 19.4 Å². The Morgan fingerprint density at radius 2 is 2.24 bits per heavy atom. The molecule has 0 aromatic carbocycles. The molecule has 9 nitrogen and oxygen atoms in total. The van der Waals surface area contributed by atoms with Crippen LogP contribution >= 0.6 is 0 Å². The number of carboxylic acids is 1. The van der Waals surface area contributed by atoms with Gasteiger partial charge in [-0.05, 0) is 6.92 Å². The minimum Gasteiger partial charge on any atom is -0.480 e. The maximum absolute atomic E-state index is 12.0. The molecule has 3 N–H and O–H groups in total. The molecule has 1 unspecified atom stereocenters. The van der Waals surface area contributed by atoms with E-state index in [9.17, 15) is 14.4 Å². The van der Waals surface area contributed by atoms with Gasteiger partial charge in [0.15, 0.2) is 0 Å². The van der Waals surface area contributed by atoms with Gasteiger partial charge in [0.05, 0.1) is 13.4 Å². The number of esters is 1. The van der Waals surface area contributed by atoms with Crippen LogP contribution < -0.4 is 5.32 Å². The maximum atomic E-state index is 12.0. The predicted octanol–water partition coefficient (Wildman–Crippen LogP) is -0.390. The van der Waals surface area contributed by atoms with Crippen molar-refractivity contribution in [1.29, 1.82) is 0 Å². The summed E-state index contributed by atoms with van der Waals surface area (Å²) in [6, 6.07) is -1.76. The van der Waals surface area contributed by atoms with E-state index in [4.69, 9.17) is 5.11 Å². The number of ether oxygens (including phenoxy) is 1. The van der Waals surface area contributed by atoms with Gasteiger partial charge in [0.25, 0.3) is 0 Å². The third-order valence-corrected chi connectivity index (χ3v) is 2.79. The molecule has 1 aromatic rings. The number of urea groups is 1. The second kappa shape index (κ2) is 7.88. The zero-order valence-electron chi connectivity index (χ0n) is 11.8. The van der Waals surface area contributed by atoms with Crippen molar-refractivity contribution in [3.05, 3.63) is 18.2 Å². The molecule has 0 aliphatic rings. The van der Waals surface area contributed by atoms with Crippen molar-refractivity contribution >= 4 is 18.0 Å². The Labute approximate surface area is 121 Å². The second-order valence-electron chi connectivity index (χ2n) is 4.21. The highest BCUT2D eigenvalue weighted by atomic mass is 16.5. The molecule has 0 saturated carbocycles. The van der Waals surface area contributed by atoms with Gasteiger partial charge in [0.2, 0.25) is 0 Å². The fourth-order valence-electron chi connectivity index (χ4n) is 1.60. The summed E-state index contributed by atoms with van der Waals surface area (Å²) in [5.41, 5.74) is 0.582. The predicted molar refractivity (Wildman–Crippen MR) is 71.5 cm³/mol. The molecule has 1 heterocycles. The van der Waals surface area contributed by atoms with Gasteiger partial charge >= 0.3 is 18.0 Å². The van der Waals surface area contributed by atoms with Crippen LogP contribution in [0.15, 0.2) is 12.5 Å². The van der Waals surface area contributed by atoms with Crippen LogP contribution in [-0.2, 0) is 20.7 Å². The average Bonchev–Trinajstić information content (AvgIpc) is 2.96. The highest BCUT2D eigenvalue weighted by Gasteiger charge is 2.24. The summed E-state index contributed by atoms with van der Waals surface area (Å²) in [7, 11) is 1.21. The fourth-order valence-corrected chi connectivity index (χ4v) is 1.60. The van der Waals surface area contributed by atoms with Gasteiger partial charge in [-0.15, -0.1) is 0 Å². The summed E-state index contributed by atoms with van der Waals surface area (Å²) in [4.78, 5) is 42.1. The molecule has 0 fully saturated rings. The summed E-state index contributed by atoms with van der Waals surface area (Å²) in [5.74, 6) is -1.75. The number of nitrogens with one attached hydrogen (secondary N) is 2. The lowest BCUT2D eigenvalue weighted by Gasteiger charge is -2.22. The molecule has 116 valence electrons. The minimum absolute atomic E-state index is 0.0663. The Hall–Kier alpha value is -2.58. The van der Waals surface area contributed by atoms with Crippen molar-refractivity contribution in [3.8, 4) is 0 Å². The van der Waals surface area contributed by atoms with Crippen molar-refractivity contribution in [3.63, 3.8) is 0 Å². The number of methoxy groups -OCH3 is 1. The molecule has 9 heteroatoms. The molecular weight excluding hydrogens is 280 g/mol. The molecule has 0 bridgehead atoms. The van der Waals surface area contributed by atoms with Crippen LogP contribution in [0, 0.1) is 0 Å². The molecule has 1 rings (SSSR count). The number of likely N-dealkylation sites (N-methyl/N-ethyl adjacent to an activating group) is 1. The lowest BCUT2D eigenvalue weighted by atomic mass is 10.1. The Balaban J connectivity index is 2.66. The molecule has 0 spiro atoms. The van der Waals surface area contributed by atoms with Gasteiger partial charge in [0.1, 0.15) is 12.6 Å². The monoisotopic (exact) mass is 298 g/mol. The largest absolute Gasteiger partial charge is 0.480 e. The summed E-state index contributed by atoms with van der Waals surface area (Å²) in [5, 5.41) is 11.5. The van der Waals surface area contributed by atoms with Crippen molar-refractivity contribution in [1.82, 2.24) is 20.2 Å². The topological polar surface area (TPSA) is 125 Å². The molecule has 0 saturated heterocycles. The molecule has 0 aliphatic heterocycles. The minimum atomic E-state index is -1.17. The maximum Gasteiger partial charge on any atom is 0.326 e. The van der Waals surface area contributed by atoms with Crippen molar-refractivity contribution in [2.75, 3.05) is 20.2 Å². The van der Waals surface area contributed by atoms with E-state index in [1.807, 2.05) is 0 Å². The molecule has 21 heavy (non-hydrogen) atoms. The van der Waals surface area contributed by atoms with Gasteiger partial charge in [-0.3, -0.25) is 4.79 Å². The molecule has 2 amide bonds. The number of carbonyl (C=O) groups is 3. The van der Waals surface area contributed by atoms with E-state index < -0.39 is 24.0 Å². The number of aliphatic carboxylic acids is 1. The number of aromatic amines is 1. The van der Waals surface area contributed by atoms with E-state index >= 15 is 0 Å². The standard InChI is InChI=1S/C12H18N4O5/c1-3-16(6-10(17)21-2)12(20)15-9(11(18)19)4-8-5-13-7-14-8/h5,7,9H,3-4,6H2,1-2H3,(H,13,14)(H,15,20)(H,18,19). The first-order chi connectivity index (χ1) is 9.97. The summed E-state index contributed by atoms with van der Waals surface area (Å²) >= 11 is 0. The molecule has 1 aromatic heterocycles. The highest BCUT2D eigenvalue weighted by molar-refractivity contribution is 5.85. The Morgan fingerprint density at radius 3 is 2.71 bits per heavy atom. The van der Waals surface area contributed by atoms with E-state index in [1.165, 1.54) is 19.6 Å². The third-order valence-electron chi connectivity index (χ3n) is 2.79. The number of hydrogen-bond donors (Lipinski definition) is 3. The SMILES string of the molecule is CCN(CC(=O)OC)C(=O)NC(Cc1cnc[nH]1)C(=O)O. The fraction of sp³-hybridized carbons (Fsp3) is 0.500. The molecular formula is C12H18N4O5. The van der Waals surface area contributed by atoms with Crippen LogP contribution in [0.3, 0.4) is 0 Å². The van der Waals surface area contributed by atoms with Gasteiger partial charge in [0, 0.05) is 24.9 Å². The molecule has 1 atom stereocenters. The van der Waals surface area contributed by atoms with Crippen LogP contribution in [-0.4, -0.2) is 64.2 Å². The van der Waals surface area contributed by atoms with E-state index in [-0.39, 0.29) is 19.5 Å². The third kappa shape index (κ3) is 5.13. The Bertz CT molecular complexity index is 488. The zero-order chi connectivity index (χ0) is 15.8. The quantitative estimate of drug-likeness (QED) is 0.589. The average molecular weight is 298 g/mol. The number of hydrogen-bond acceptors (Lipinski definition) is 5. The van der Waals surface area contributed by atoms with E-state index in [0.29, 0.717) is 5.69 Å². The Kier molecular flexibility index (Phi) is 6.18. The van der Waals surface area contributed by atoms with E-state index in [0.717, 1.165) is 4.90 Å². The van der Waals surface area contributed by atoms with E-state index in [2.05, 4.69) is 20.0 Å². The number of nitrogens with zero attached hydrogens (tertiary/aromatic N) is 2. The first-order valence-electron chi connectivity index (χ1n) is 6.30. The number of carboxylic acid groups (broad SMARTS) is 1. The Morgan fingerprint density at radius 1 is 1.52 bits per heavy atom. The number of imidazole rings is 1. The van der Waals surface area contributed by atoms with Gasteiger partial charge < -0.3 is 25.0 Å². The van der Waals surface area contributed by atoms with Gasteiger partial charge in [-0.2, -0.15) is 0 Å². The number of aromatic nitrogens is 2. The summed E-state index contributed by atoms with van der Waals surface area (Å²) < 4.78 is 4.48. The lowest BCUT2D eigenvalue weighted by Crippen LogP contribution is -2.50. The lowest BCUT2D eigenvalue weighted by molar-refractivity contribution is -0.141. The number of rotatable bonds is 7. The second-order valence-corrected chi connectivity index (χ2v) is 4.21. The van der Waals surface area contributed by atoms with Crippen LogP contribution in [0.4, 0.5) is 4.79 Å². The van der Waals surface area contributed by atoms with Crippen LogP contribution in [0.1, 0.15) is 12.6 Å². The van der Waals surface area contributed by atoms with Gasteiger partial charge in [-0.1, -0.05) is 0 Å². The van der Waals surface area contributed by atoms with E-state index in [1.54, 1.807) is 6.92 Å². The number of amides is 2. The van der Waals surface area contributed by atoms with Crippen molar-refractivity contribution in [2.24, 2.45) is 0 Å². The normalized spacial score (nSPS) is 11.5. The molecule has 0 radical (unpaired) electrons. The van der Waals surface area contributed by atoms with Gasteiger partial charge in [-0.25, -0.2) is 14.6 Å². The highest BCUT2D eigenvalue weighted by Crippen LogP contribution is 2.01. The first kappa shape index (κ1) is 16.5. The number of H-pyrrole nitrogens is 1. The zero-order valence-corrected chi connectivity index (χ0v) is 11.8. The molecule has 0 aliphatic carbocycles.